The van der Waals surface area contributed by atoms with Gasteiger partial charge in [0.25, 0.3) is 0 Å². The third-order valence-electron chi connectivity index (χ3n) is 4.12. The van der Waals surface area contributed by atoms with Gasteiger partial charge >= 0.3 is 0 Å². The van der Waals surface area contributed by atoms with Gasteiger partial charge in [-0.25, -0.2) is 0 Å². The van der Waals surface area contributed by atoms with Crippen LogP contribution in [0, 0.1) is 13.8 Å². The number of hydrogen-bond acceptors (Lipinski definition) is 3. The molecule has 0 bridgehead atoms. The second-order valence-electron chi connectivity index (χ2n) is 5.95. The van der Waals surface area contributed by atoms with Crippen LogP contribution in [0.25, 0.3) is 0 Å². The van der Waals surface area contributed by atoms with Crippen LogP contribution in [-0.4, -0.2) is 39.1 Å². The van der Waals surface area contributed by atoms with E-state index in [9.17, 15) is 9.00 Å². The summed E-state index contributed by atoms with van der Waals surface area (Å²) < 4.78 is 11.6. The van der Waals surface area contributed by atoms with Gasteiger partial charge in [-0.05, 0) is 38.8 Å². The van der Waals surface area contributed by atoms with Gasteiger partial charge in [-0.2, -0.15) is 0 Å². The van der Waals surface area contributed by atoms with Gasteiger partial charge in [0.15, 0.2) is 0 Å². The van der Waals surface area contributed by atoms with E-state index in [1.165, 1.54) is 5.56 Å². The minimum absolute atomic E-state index is 0.0336. The lowest BCUT2D eigenvalue weighted by Gasteiger charge is -2.28. The second-order valence-corrected chi connectivity index (χ2v) is 7.75. The molecule has 0 saturated carbocycles. The average Bonchev–Trinajstić information content (AvgIpc) is 2.69. The number of benzene rings is 1. The van der Waals surface area contributed by atoms with Crippen molar-refractivity contribution in [1.29, 1.82) is 0 Å². The molecule has 0 radical (unpaired) electrons. The van der Waals surface area contributed by atoms with Crippen molar-refractivity contribution in [1.82, 2.24) is 10.2 Å². The monoisotopic (exact) mass is 308 g/mol. The van der Waals surface area contributed by atoms with Crippen LogP contribution < -0.4 is 5.32 Å². The highest BCUT2D eigenvalue weighted by Gasteiger charge is 2.38. The van der Waals surface area contributed by atoms with E-state index >= 15 is 0 Å². The maximum Gasteiger partial charge on any atom is 0.241 e. The minimum Gasteiger partial charge on any atom is -0.320 e. The van der Waals surface area contributed by atoms with Crippen LogP contribution in [0.1, 0.15) is 36.7 Å². The molecular weight excluding hydrogens is 284 g/mol. The molecule has 21 heavy (non-hydrogen) atoms. The van der Waals surface area contributed by atoms with Crippen LogP contribution in [0.15, 0.2) is 18.2 Å². The van der Waals surface area contributed by atoms with Crippen molar-refractivity contribution in [2.45, 2.75) is 45.2 Å². The second kappa shape index (κ2) is 6.28. The summed E-state index contributed by atoms with van der Waals surface area (Å²) in [4.78, 5) is 14.2. The number of amides is 1. The summed E-state index contributed by atoms with van der Waals surface area (Å²) in [6.07, 6.45) is 1.56. The zero-order valence-corrected chi connectivity index (χ0v) is 14.2. The van der Waals surface area contributed by atoms with Crippen LogP contribution in [0.5, 0.6) is 0 Å². The third kappa shape index (κ3) is 3.35. The number of nitrogens with one attached hydrogen (secondary N) is 1. The van der Waals surface area contributed by atoms with Gasteiger partial charge in [-0.3, -0.25) is 14.3 Å². The molecule has 1 N–H and O–H groups in total. The highest BCUT2D eigenvalue weighted by molar-refractivity contribution is 7.84. The number of carbonyl (C=O) groups excluding carboxylic acids is 1. The van der Waals surface area contributed by atoms with Gasteiger partial charge in [0.2, 0.25) is 5.91 Å². The Hall–Kier alpha value is -1.20. The van der Waals surface area contributed by atoms with E-state index in [0.29, 0.717) is 6.54 Å². The number of rotatable bonds is 4. The largest absolute Gasteiger partial charge is 0.320 e. The first kappa shape index (κ1) is 16.2. The Morgan fingerprint density at radius 2 is 2.05 bits per heavy atom. The number of aryl methyl sites for hydroxylation is 2. The van der Waals surface area contributed by atoms with Crippen molar-refractivity contribution in [2.75, 3.05) is 12.8 Å². The lowest BCUT2D eigenvalue weighted by atomic mass is 10.0. The Kier molecular flexibility index (Phi) is 4.84. The maximum atomic E-state index is 12.4. The zero-order chi connectivity index (χ0) is 15.7. The lowest BCUT2D eigenvalue weighted by molar-refractivity contribution is -0.129. The molecule has 4 nitrogen and oxygen atoms in total. The van der Waals surface area contributed by atoms with Crippen molar-refractivity contribution in [3.63, 3.8) is 0 Å². The van der Waals surface area contributed by atoms with Gasteiger partial charge in [-0.15, -0.1) is 0 Å². The highest BCUT2D eigenvalue weighted by atomic mass is 32.2. The lowest BCUT2D eigenvalue weighted by Crippen LogP contribution is -2.37. The summed E-state index contributed by atoms with van der Waals surface area (Å²) in [5, 5.41) is 3.33. The van der Waals surface area contributed by atoms with E-state index in [-0.39, 0.29) is 23.4 Å². The molecule has 0 spiro atoms. The summed E-state index contributed by atoms with van der Waals surface area (Å²) in [7, 11) is -0.935. The Morgan fingerprint density at radius 1 is 1.38 bits per heavy atom. The molecule has 4 atom stereocenters. The molecule has 1 aliphatic rings. The van der Waals surface area contributed by atoms with E-state index in [1.54, 1.807) is 6.26 Å². The van der Waals surface area contributed by atoms with Crippen LogP contribution in [0.4, 0.5) is 0 Å². The summed E-state index contributed by atoms with van der Waals surface area (Å²) in [6, 6.07) is 6.08. The average molecular weight is 308 g/mol. The molecule has 1 aromatic carbocycles. The van der Waals surface area contributed by atoms with E-state index in [1.807, 2.05) is 18.7 Å². The predicted octanol–water partition coefficient (Wildman–Crippen LogP) is 1.89. The quantitative estimate of drug-likeness (QED) is 0.924. The standard InChI is InChI=1S/C16H24N2O2S/c1-10-6-7-11(2)14(8-10)15-17-13(4)16(19)18(15)9-12(3)21(5)20/h6-8,12-13,15,17H,9H2,1-5H3. The number of carbonyl (C=O) groups is 1. The van der Waals surface area contributed by atoms with Crippen molar-refractivity contribution in [3.8, 4) is 0 Å². The van der Waals surface area contributed by atoms with Crippen LogP contribution in [-0.2, 0) is 15.6 Å². The van der Waals surface area contributed by atoms with E-state index in [4.69, 9.17) is 0 Å². The predicted molar refractivity (Wildman–Crippen MR) is 86.5 cm³/mol. The van der Waals surface area contributed by atoms with Gasteiger partial charge in [0, 0.05) is 28.9 Å². The molecule has 5 heteroatoms. The van der Waals surface area contributed by atoms with Gasteiger partial charge in [0.1, 0.15) is 6.17 Å². The normalized spacial score (nSPS) is 25.2. The molecule has 116 valence electrons. The van der Waals surface area contributed by atoms with Crippen molar-refractivity contribution < 1.29 is 9.00 Å². The molecule has 0 aromatic heterocycles. The zero-order valence-electron chi connectivity index (χ0n) is 13.3. The first-order valence-corrected chi connectivity index (χ1v) is 8.89. The highest BCUT2D eigenvalue weighted by Crippen LogP contribution is 2.28. The Balaban J connectivity index is 2.33. The summed E-state index contributed by atoms with van der Waals surface area (Å²) in [5.41, 5.74) is 3.47. The van der Waals surface area contributed by atoms with E-state index in [2.05, 4.69) is 37.4 Å². The fourth-order valence-corrected chi connectivity index (χ4v) is 3.03. The van der Waals surface area contributed by atoms with E-state index < -0.39 is 10.8 Å². The van der Waals surface area contributed by atoms with Crippen molar-refractivity contribution in [2.24, 2.45) is 0 Å². The molecule has 1 amide bonds. The van der Waals surface area contributed by atoms with Gasteiger partial charge in [0.05, 0.1) is 6.04 Å². The fraction of sp³-hybridized carbons (Fsp3) is 0.562. The molecule has 4 unspecified atom stereocenters. The van der Waals surface area contributed by atoms with Gasteiger partial charge in [-0.1, -0.05) is 23.8 Å². The summed E-state index contributed by atoms with van der Waals surface area (Å²) in [5.74, 6) is 0.0817. The fourth-order valence-electron chi connectivity index (χ4n) is 2.66. The van der Waals surface area contributed by atoms with E-state index in [0.717, 1.165) is 11.1 Å². The summed E-state index contributed by atoms with van der Waals surface area (Å²) in [6.45, 7) is 8.43. The molecule has 1 aromatic rings. The topological polar surface area (TPSA) is 49.4 Å². The van der Waals surface area contributed by atoms with Crippen molar-refractivity contribution in [3.05, 3.63) is 34.9 Å². The molecule has 1 saturated heterocycles. The molecule has 1 aliphatic heterocycles. The first-order chi connectivity index (χ1) is 9.81. The molecule has 0 aliphatic carbocycles. The summed E-state index contributed by atoms with van der Waals surface area (Å²) >= 11 is 0. The molecular formula is C16H24N2O2S. The molecule has 2 rings (SSSR count). The molecule has 1 fully saturated rings. The SMILES string of the molecule is Cc1ccc(C)c(C2NC(C)C(=O)N2CC(C)S(C)=O)c1. The third-order valence-corrected chi connectivity index (χ3v) is 5.41. The van der Waals surface area contributed by atoms with Crippen LogP contribution in [0.3, 0.4) is 0 Å². The minimum atomic E-state index is -0.935. The van der Waals surface area contributed by atoms with Crippen LogP contribution in [0.2, 0.25) is 0 Å². The first-order valence-electron chi connectivity index (χ1n) is 7.27. The Labute approximate surface area is 129 Å². The van der Waals surface area contributed by atoms with Crippen LogP contribution >= 0.6 is 0 Å². The smallest absolute Gasteiger partial charge is 0.241 e. The Morgan fingerprint density at radius 3 is 2.67 bits per heavy atom. The number of nitrogens with zero attached hydrogens (tertiary/aromatic N) is 1. The van der Waals surface area contributed by atoms with Crippen molar-refractivity contribution >= 4 is 16.7 Å². The van der Waals surface area contributed by atoms with Gasteiger partial charge < -0.3 is 4.90 Å². The Bertz CT molecular complexity index is 573. The molecule has 1 heterocycles. The number of hydrogen-bond donors (Lipinski definition) is 1. The maximum absolute atomic E-state index is 12.4.